The number of carbonyl (C=O) groups is 1. The van der Waals surface area contributed by atoms with Gasteiger partial charge in [0, 0.05) is 30.6 Å². The monoisotopic (exact) mass is 314 g/mol. The maximum atomic E-state index is 12.2. The summed E-state index contributed by atoms with van der Waals surface area (Å²) in [6.07, 6.45) is 0.837. The lowest BCUT2D eigenvalue weighted by atomic mass is 9.94. The SMILES string of the molecule is CCc1cc(NC(=O)N[C@H](C)[C@@H]2COc3ccccc32)n(C)n1. The molecule has 0 spiro atoms. The van der Waals surface area contributed by atoms with Crippen LogP contribution in [-0.4, -0.2) is 28.5 Å². The summed E-state index contributed by atoms with van der Waals surface area (Å²) in [5.74, 6) is 1.76. The first kappa shape index (κ1) is 15.4. The second-order valence-corrected chi connectivity index (χ2v) is 5.84. The van der Waals surface area contributed by atoms with E-state index in [2.05, 4.69) is 21.8 Å². The first-order chi connectivity index (χ1) is 11.1. The fourth-order valence-electron chi connectivity index (χ4n) is 2.88. The average Bonchev–Trinajstić information content (AvgIpc) is 3.11. The minimum absolute atomic E-state index is 0.0301. The Morgan fingerprint density at radius 2 is 2.26 bits per heavy atom. The molecule has 2 atom stereocenters. The van der Waals surface area contributed by atoms with Gasteiger partial charge in [-0.25, -0.2) is 4.79 Å². The molecular weight excluding hydrogens is 292 g/mol. The fraction of sp³-hybridized carbons (Fsp3) is 0.412. The number of aryl methyl sites for hydroxylation is 2. The number of hydrogen-bond donors (Lipinski definition) is 2. The summed E-state index contributed by atoms with van der Waals surface area (Å²) in [5.41, 5.74) is 2.10. The summed E-state index contributed by atoms with van der Waals surface area (Å²) in [6.45, 7) is 4.62. The van der Waals surface area contributed by atoms with E-state index in [4.69, 9.17) is 4.74 Å². The van der Waals surface area contributed by atoms with Crippen LogP contribution in [0.4, 0.5) is 10.6 Å². The quantitative estimate of drug-likeness (QED) is 0.911. The van der Waals surface area contributed by atoms with Gasteiger partial charge in [-0.15, -0.1) is 0 Å². The van der Waals surface area contributed by atoms with Gasteiger partial charge in [-0.2, -0.15) is 5.10 Å². The van der Waals surface area contributed by atoms with E-state index in [0.29, 0.717) is 12.4 Å². The molecular formula is C17H22N4O2. The Balaban J connectivity index is 1.63. The van der Waals surface area contributed by atoms with E-state index < -0.39 is 0 Å². The molecule has 1 aromatic carbocycles. The number of benzene rings is 1. The molecule has 2 amide bonds. The molecule has 2 N–H and O–H groups in total. The first-order valence-electron chi connectivity index (χ1n) is 7.90. The third-order valence-electron chi connectivity index (χ3n) is 4.23. The predicted octanol–water partition coefficient (Wildman–Crippen LogP) is 2.67. The summed E-state index contributed by atoms with van der Waals surface area (Å²) in [4.78, 5) is 12.2. The van der Waals surface area contributed by atoms with E-state index >= 15 is 0 Å². The molecule has 1 aromatic heterocycles. The summed E-state index contributed by atoms with van der Waals surface area (Å²) < 4.78 is 7.36. The zero-order valence-corrected chi connectivity index (χ0v) is 13.7. The highest BCUT2D eigenvalue weighted by Gasteiger charge is 2.29. The Morgan fingerprint density at radius 3 is 3.00 bits per heavy atom. The average molecular weight is 314 g/mol. The molecule has 1 aliphatic rings. The number of rotatable bonds is 4. The van der Waals surface area contributed by atoms with Crippen molar-refractivity contribution in [3.63, 3.8) is 0 Å². The molecule has 0 bridgehead atoms. The van der Waals surface area contributed by atoms with Crippen LogP contribution in [0, 0.1) is 0 Å². The van der Waals surface area contributed by atoms with Crippen molar-refractivity contribution in [1.82, 2.24) is 15.1 Å². The lowest BCUT2D eigenvalue weighted by Gasteiger charge is -2.20. The third kappa shape index (κ3) is 3.16. The molecule has 0 saturated heterocycles. The summed E-state index contributed by atoms with van der Waals surface area (Å²) in [5, 5.41) is 10.2. The van der Waals surface area contributed by atoms with Crippen molar-refractivity contribution >= 4 is 11.8 Å². The smallest absolute Gasteiger partial charge is 0.320 e. The highest BCUT2D eigenvalue weighted by atomic mass is 16.5. The maximum Gasteiger partial charge on any atom is 0.320 e. The molecule has 0 unspecified atom stereocenters. The topological polar surface area (TPSA) is 68.2 Å². The van der Waals surface area contributed by atoms with Crippen LogP contribution in [0.5, 0.6) is 5.75 Å². The van der Waals surface area contributed by atoms with Gasteiger partial charge in [-0.3, -0.25) is 10.00 Å². The van der Waals surface area contributed by atoms with Gasteiger partial charge >= 0.3 is 6.03 Å². The third-order valence-corrected chi connectivity index (χ3v) is 4.23. The molecule has 0 saturated carbocycles. The molecule has 122 valence electrons. The van der Waals surface area contributed by atoms with Gasteiger partial charge in [0.05, 0.1) is 12.3 Å². The zero-order chi connectivity index (χ0) is 16.4. The van der Waals surface area contributed by atoms with Gasteiger partial charge in [-0.1, -0.05) is 25.1 Å². The van der Waals surface area contributed by atoms with Crippen molar-refractivity contribution in [1.29, 1.82) is 0 Å². The molecule has 2 heterocycles. The Hall–Kier alpha value is -2.50. The molecule has 0 radical (unpaired) electrons. The molecule has 3 rings (SSSR count). The van der Waals surface area contributed by atoms with Crippen molar-refractivity contribution in [2.45, 2.75) is 32.2 Å². The van der Waals surface area contributed by atoms with Crippen LogP contribution < -0.4 is 15.4 Å². The van der Waals surface area contributed by atoms with Crippen LogP contribution >= 0.6 is 0 Å². The normalized spacial score (nSPS) is 17.3. The minimum Gasteiger partial charge on any atom is -0.493 e. The van der Waals surface area contributed by atoms with E-state index in [1.54, 1.807) is 4.68 Å². The van der Waals surface area contributed by atoms with Crippen LogP contribution in [-0.2, 0) is 13.5 Å². The van der Waals surface area contributed by atoms with Gasteiger partial charge in [-0.05, 0) is 19.4 Å². The summed E-state index contributed by atoms with van der Waals surface area (Å²) in [6, 6.07) is 9.60. The Labute approximate surface area is 135 Å². The fourth-order valence-corrected chi connectivity index (χ4v) is 2.88. The number of anilines is 1. The van der Waals surface area contributed by atoms with E-state index in [-0.39, 0.29) is 18.0 Å². The van der Waals surface area contributed by atoms with Gasteiger partial charge < -0.3 is 10.1 Å². The van der Waals surface area contributed by atoms with Gasteiger partial charge in [0.15, 0.2) is 0 Å². The van der Waals surface area contributed by atoms with Crippen LogP contribution in [0.1, 0.15) is 31.0 Å². The van der Waals surface area contributed by atoms with Crippen LogP contribution in [0.25, 0.3) is 0 Å². The Bertz CT molecular complexity index is 710. The summed E-state index contributed by atoms with van der Waals surface area (Å²) in [7, 11) is 1.82. The van der Waals surface area contributed by atoms with E-state index in [9.17, 15) is 4.79 Å². The second-order valence-electron chi connectivity index (χ2n) is 5.84. The first-order valence-corrected chi connectivity index (χ1v) is 7.90. The highest BCUT2D eigenvalue weighted by molar-refractivity contribution is 5.88. The van der Waals surface area contributed by atoms with Gasteiger partial charge in [0.1, 0.15) is 11.6 Å². The number of hydrogen-bond acceptors (Lipinski definition) is 3. The second kappa shape index (κ2) is 6.32. The number of aromatic nitrogens is 2. The Morgan fingerprint density at radius 1 is 1.48 bits per heavy atom. The largest absolute Gasteiger partial charge is 0.493 e. The van der Waals surface area contributed by atoms with Crippen molar-refractivity contribution < 1.29 is 9.53 Å². The number of amides is 2. The van der Waals surface area contributed by atoms with Gasteiger partial charge in [0.2, 0.25) is 0 Å². The molecule has 23 heavy (non-hydrogen) atoms. The van der Waals surface area contributed by atoms with E-state index in [0.717, 1.165) is 23.4 Å². The number of fused-ring (bicyclic) bond motifs is 1. The molecule has 1 aliphatic heterocycles. The number of para-hydroxylation sites is 1. The number of ether oxygens (including phenoxy) is 1. The standard InChI is InChI=1S/C17H22N4O2/c1-4-12-9-16(21(3)20-12)19-17(22)18-11(2)14-10-23-15-8-6-5-7-13(14)15/h5-9,11,14H,4,10H2,1-3H3,(H2,18,19,22)/t11-,14+/m1/s1. The minimum atomic E-state index is -0.229. The number of carbonyl (C=O) groups excluding carboxylic acids is 1. The van der Waals surface area contributed by atoms with E-state index in [1.807, 2.05) is 45.2 Å². The lowest BCUT2D eigenvalue weighted by molar-refractivity contribution is 0.244. The summed E-state index contributed by atoms with van der Waals surface area (Å²) >= 11 is 0. The predicted molar refractivity (Wildman–Crippen MR) is 88.9 cm³/mol. The maximum absolute atomic E-state index is 12.2. The lowest BCUT2D eigenvalue weighted by Crippen LogP contribution is -2.40. The van der Waals surface area contributed by atoms with Crippen molar-refractivity contribution in [2.24, 2.45) is 7.05 Å². The van der Waals surface area contributed by atoms with Crippen molar-refractivity contribution in [2.75, 3.05) is 11.9 Å². The molecule has 0 aliphatic carbocycles. The number of nitrogens with zero attached hydrogens (tertiary/aromatic N) is 2. The van der Waals surface area contributed by atoms with Crippen molar-refractivity contribution in [3.8, 4) is 5.75 Å². The number of nitrogens with one attached hydrogen (secondary N) is 2. The molecule has 6 heteroatoms. The highest BCUT2D eigenvalue weighted by Crippen LogP contribution is 2.35. The molecule has 0 fully saturated rings. The van der Waals surface area contributed by atoms with Gasteiger partial charge in [0.25, 0.3) is 0 Å². The zero-order valence-electron chi connectivity index (χ0n) is 13.7. The number of urea groups is 1. The van der Waals surface area contributed by atoms with Crippen LogP contribution in [0.2, 0.25) is 0 Å². The van der Waals surface area contributed by atoms with Crippen LogP contribution in [0.3, 0.4) is 0 Å². The van der Waals surface area contributed by atoms with Crippen LogP contribution in [0.15, 0.2) is 30.3 Å². The van der Waals surface area contributed by atoms with Crippen molar-refractivity contribution in [3.05, 3.63) is 41.6 Å². The Kier molecular flexibility index (Phi) is 4.23. The molecule has 6 nitrogen and oxygen atoms in total. The molecule has 2 aromatic rings. The van der Waals surface area contributed by atoms with E-state index in [1.165, 1.54) is 0 Å².